The van der Waals surface area contributed by atoms with E-state index in [2.05, 4.69) is 15.3 Å². The number of nitrogen functional groups attached to an aromatic ring is 1. The van der Waals surface area contributed by atoms with E-state index >= 15 is 0 Å². The number of nitrogens with zero attached hydrogens (tertiary/aromatic N) is 2. The first-order valence-corrected chi connectivity index (χ1v) is 7.41. The maximum Gasteiger partial charge on any atom is 0.244 e. The van der Waals surface area contributed by atoms with Crippen molar-refractivity contribution in [2.45, 2.75) is 6.54 Å². The number of carbonyl (C=O) groups is 1. The molecule has 0 fully saturated rings. The van der Waals surface area contributed by atoms with Gasteiger partial charge in [0.05, 0.1) is 6.61 Å². The highest BCUT2D eigenvalue weighted by Gasteiger charge is 1.99. The average molecular weight is 328 g/mol. The number of amides is 1. The highest BCUT2D eigenvalue weighted by molar-refractivity contribution is 5.91. The van der Waals surface area contributed by atoms with Gasteiger partial charge in [-0.05, 0) is 23.8 Å². The molecule has 0 atom stereocenters. The van der Waals surface area contributed by atoms with Crippen molar-refractivity contribution in [3.8, 4) is 5.75 Å². The molecule has 0 spiro atoms. The number of nitrogens with two attached hydrogens (primary N) is 1. The smallest absolute Gasteiger partial charge is 0.244 e. The van der Waals surface area contributed by atoms with E-state index in [0.717, 1.165) is 11.3 Å². The third-order valence-electron chi connectivity index (χ3n) is 3.07. The molecule has 2 aromatic rings. The summed E-state index contributed by atoms with van der Waals surface area (Å²) in [5.41, 5.74) is 7.08. The molecule has 0 saturated carbocycles. The summed E-state index contributed by atoms with van der Waals surface area (Å²) in [5.74, 6) is 0.767. The molecule has 0 radical (unpaired) electrons. The lowest BCUT2D eigenvalue weighted by Crippen LogP contribution is -2.20. The minimum Gasteiger partial charge on any atom is -0.491 e. The van der Waals surface area contributed by atoms with Gasteiger partial charge in [0.25, 0.3) is 0 Å². The normalized spacial score (nSPS) is 10.7. The van der Waals surface area contributed by atoms with Crippen LogP contribution < -0.4 is 15.8 Å². The van der Waals surface area contributed by atoms with Crippen molar-refractivity contribution in [3.05, 3.63) is 53.9 Å². The maximum atomic E-state index is 11.8. The molecule has 2 rings (SSSR count). The van der Waals surface area contributed by atoms with Crippen LogP contribution in [-0.2, 0) is 16.1 Å². The van der Waals surface area contributed by atoms with Crippen molar-refractivity contribution in [1.82, 2.24) is 15.3 Å². The van der Waals surface area contributed by atoms with Gasteiger partial charge in [-0.25, -0.2) is 9.97 Å². The monoisotopic (exact) mass is 328 g/mol. The van der Waals surface area contributed by atoms with E-state index in [9.17, 15) is 4.79 Å². The van der Waals surface area contributed by atoms with Gasteiger partial charge in [0.15, 0.2) is 0 Å². The Kier molecular flexibility index (Phi) is 6.73. The quantitative estimate of drug-likeness (QED) is 0.561. The first-order valence-electron chi connectivity index (χ1n) is 7.41. The Morgan fingerprint density at radius 2 is 1.92 bits per heavy atom. The molecule has 0 unspecified atom stereocenters. The van der Waals surface area contributed by atoms with Crippen molar-refractivity contribution >= 4 is 17.9 Å². The Morgan fingerprint density at radius 3 is 2.58 bits per heavy atom. The standard InChI is InChI=1S/C17H20N4O3/c1-23-8-9-24-15-5-2-13(3-6-15)10-19-16(22)7-4-14-11-20-17(18)21-12-14/h2-7,11-12H,8-10H2,1H3,(H,19,22)(H2,18,20,21)/b7-4+. The van der Waals surface area contributed by atoms with Gasteiger partial charge in [-0.3, -0.25) is 4.79 Å². The molecule has 0 aliphatic rings. The molecule has 126 valence electrons. The van der Waals surface area contributed by atoms with Crippen molar-refractivity contribution in [3.63, 3.8) is 0 Å². The molecular weight excluding hydrogens is 308 g/mol. The first-order chi connectivity index (χ1) is 11.7. The second-order valence-electron chi connectivity index (χ2n) is 4.91. The van der Waals surface area contributed by atoms with Crippen molar-refractivity contribution in [1.29, 1.82) is 0 Å². The largest absolute Gasteiger partial charge is 0.491 e. The fraction of sp³-hybridized carbons (Fsp3) is 0.235. The third-order valence-corrected chi connectivity index (χ3v) is 3.07. The van der Waals surface area contributed by atoms with Crippen LogP contribution in [-0.4, -0.2) is 36.2 Å². The second-order valence-corrected chi connectivity index (χ2v) is 4.91. The third kappa shape index (κ3) is 6.05. The van der Waals surface area contributed by atoms with E-state index in [1.165, 1.54) is 6.08 Å². The van der Waals surface area contributed by atoms with Crippen molar-refractivity contribution in [2.75, 3.05) is 26.1 Å². The van der Waals surface area contributed by atoms with Crippen LogP contribution in [0, 0.1) is 0 Å². The predicted octanol–water partition coefficient (Wildman–Crippen LogP) is 1.41. The summed E-state index contributed by atoms with van der Waals surface area (Å²) in [6.07, 6.45) is 6.15. The number of ether oxygens (including phenoxy) is 2. The topological polar surface area (TPSA) is 99.4 Å². The number of methoxy groups -OCH3 is 1. The molecule has 0 bridgehead atoms. The van der Waals surface area contributed by atoms with Crippen LogP contribution in [0.1, 0.15) is 11.1 Å². The van der Waals surface area contributed by atoms with Gasteiger partial charge in [0.1, 0.15) is 12.4 Å². The van der Waals surface area contributed by atoms with Gasteiger partial charge in [-0.1, -0.05) is 12.1 Å². The molecule has 3 N–H and O–H groups in total. The van der Waals surface area contributed by atoms with Crippen LogP contribution in [0.5, 0.6) is 5.75 Å². The zero-order chi connectivity index (χ0) is 17.2. The zero-order valence-corrected chi connectivity index (χ0v) is 13.4. The van der Waals surface area contributed by atoms with Crippen LogP contribution in [0.15, 0.2) is 42.7 Å². The molecule has 1 aromatic heterocycles. The van der Waals surface area contributed by atoms with Gasteiger partial charge >= 0.3 is 0 Å². The lowest BCUT2D eigenvalue weighted by molar-refractivity contribution is -0.116. The van der Waals surface area contributed by atoms with Gasteiger partial charge in [-0.2, -0.15) is 0 Å². The molecule has 1 aromatic carbocycles. The Morgan fingerprint density at radius 1 is 1.21 bits per heavy atom. The highest BCUT2D eigenvalue weighted by Crippen LogP contribution is 2.12. The van der Waals surface area contributed by atoms with Gasteiger partial charge < -0.3 is 20.5 Å². The van der Waals surface area contributed by atoms with E-state index in [4.69, 9.17) is 15.2 Å². The van der Waals surface area contributed by atoms with Gasteiger partial charge in [-0.15, -0.1) is 0 Å². The molecule has 1 amide bonds. The number of rotatable bonds is 8. The van der Waals surface area contributed by atoms with Crippen LogP contribution >= 0.6 is 0 Å². The van der Waals surface area contributed by atoms with Crippen molar-refractivity contribution in [2.24, 2.45) is 0 Å². The van der Waals surface area contributed by atoms with Crippen LogP contribution in [0.2, 0.25) is 0 Å². The molecule has 0 aliphatic heterocycles. The number of nitrogens with one attached hydrogen (secondary N) is 1. The van der Waals surface area contributed by atoms with Gasteiger partial charge in [0.2, 0.25) is 11.9 Å². The fourth-order valence-electron chi connectivity index (χ4n) is 1.80. The summed E-state index contributed by atoms with van der Waals surface area (Å²) < 4.78 is 10.4. The summed E-state index contributed by atoms with van der Waals surface area (Å²) >= 11 is 0. The minimum absolute atomic E-state index is 0.200. The van der Waals surface area contributed by atoms with E-state index in [1.807, 2.05) is 24.3 Å². The molecule has 0 saturated heterocycles. The maximum absolute atomic E-state index is 11.8. The molecule has 7 nitrogen and oxygen atoms in total. The zero-order valence-electron chi connectivity index (χ0n) is 13.4. The number of hydrogen-bond acceptors (Lipinski definition) is 6. The summed E-state index contributed by atoms with van der Waals surface area (Å²) in [6, 6.07) is 7.53. The number of hydrogen-bond donors (Lipinski definition) is 2. The molecule has 7 heteroatoms. The van der Waals surface area contributed by atoms with E-state index in [1.54, 1.807) is 25.6 Å². The lowest BCUT2D eigenvalue weighted by Gasteiger charge is -2.07. The predicted molar refractivity (Wildman–Crippen MR) is 91.1 cm³/mol. The molecule has 1 heterocycles. The number of carbonyl (C=O) groups excluding carboxylic acids is 1. The van der Waals surface area contributed by atoms with Crippen molar-refractivity contribution < 1.29 is 14.3 Å². The summed E-state index contributed by atoms with van der Waals surface area (Å²) in [4.78, 5) is 19.5. The Bertz CT molecular complexity index is 669. The van der Waals surface area contributed by atoms with Crippen LogP contribution in [0.25, 0.3) is 6.08 Å². The van der Waals surface area contributed by atoms with Crippen LogP contribution in [0.3, 0.4) is 0 Å². The summed E-state index contributed by atoms with van der Waals surface area (Å²) in [7, 11) is 1.63. The number of anilines is 1. The average Bonchev–Trinajstić information content (AvgIpc) is 2.61. The van der Waals surface area contributed by atoms with Gasteiger partial charge in [0, 0.05) is 37.7 Å². The Labute approximate surface area is 140 Å². The molecule has 24 heavy (non-hydrogen) atoms. The second kappa shape index (κ2) is 9.26. The Balaban J connectivity index is 1.77. The molecule has 0 aliphatic carbocycles. The van der Waals surface area contributed by atoms with E-state index < -0.39 is 0 Å². The molecular formula is C17H20N4O3. The highest BCUT2D eigenvalue weighted by atomic mass is 16.5. The SMILES string of the molecule is COCCOc1ccc(CNC(=O)/C=C/c2cnc(N)nc2)cc1. The van der Waals surface area contributed by atoms with E-state index in [0.29, 0.717) is 25.3 Å². The summed E-state index contributed by atoms with van der Waals surface area (Å²) in [6.45, 7) is 1.48. The first kappa shape index (κ1) is 17.4. The summed E-state index contributed by atoms with van der Waals surface area (Å²) in [5, 5.41) is 2.80. The Hall–Kier alpha value is -2.93. The van der Waals surface area contributed by atoms with E-state index in [-0.39, 0.29) is 11.9 Å². The lowest BCUT2D eigenvalue weighted by atomic mass is 10.2. The minimum atomic E-state index is -0.202. The van der Waals surface area contributed by atoms with Crippen LogP contribution in [0.4, 0.5) is 5.95 Å². The number of aromatic nitrogens is 2. The fourth-order valence-corrected chi connectivity index (χ4v) is 1.80. The number of benzene rings is 1.